The fourth-order valence-electron chi connectivity index (χ4n) is 1.51. The van der Waals surface area contributed by atoms with Crippen LogP contribution in [0.25, 0.3) is 0 Å². The van der Waals surface area contributed by atoms with Gasteiger partial charge in [-0.15, -0.1) is 0 Å². The molecule has 1 rings (SSSR count). The third-order valence-corrected chi connectivity index (χ3v) is 2.15. The Morgan fingerprint density at radius 3 is 2.17 bits per heavy atom. The maximum atomic E-state index is 3.33. The van der Waals surface area contributed by atoms with Crippen LogP contribution in [0.2, 0.25) is 0 Å². The van der Waals surface area contributed by atoms with E-state index in [9.17, 15) is 0 Å². The topological polar surface area (TPSA) is 15.8 Å². The van der Waals surface area contributed by atoms with Gasteiger partial charge in [-0.3, -0.25) is 0 Å². The Balaban J connectivity index is 3.08. The third-order valence-electron chi connectivity index (χ3n) is 2.15. The number of hydrogen-bond acceptors (Lipinski definition) is 0. The van der Waals surface area contributed by atoms with E-state index in [4.69, 9.17) is 0 Å². The molecular weight excluding hydrogens is 146 g/mol. The minimum absolute atomic E-state index is 0.239. The molecule has 0 aromatic carbocycles. The highest BCUT2D eigenvalue weighted by Gasteiger charge is 2.19. The minimum Gasteiger partial charge on any atom is -0.364 e. The second kappa shape index (κ2) is 2.96. The van der Waals surface area contributed by atoms with Gasteiger partial charge in [0.25, 0.3) is 0 Å². The van der Waals surface area contributed by atoms with Crippen molar-refractivity contribution in [2.24, 2.45) is 0 Å². The summed E-state index contributed by atoms with van der Waals surface area (Å²) >= 11 is 0. The summed E-state index contributed by atoms with van der Waals surface area (Å²) in [6.07, 6.45) is 2.04. The molecule has 0 saturated heterocycles. The number of aromatic nitrogens is 1. The van der Waals surface area contributed by atoms with Gasteiger partial charge in [0.05, 0.1) is 0 Å². The second-order valence-corrected chi connectivity index (χ2v) is 4.71. The quantitative estimate of drug-likeness (QED) is 0.656. The number of nitrogens with one attached hydrogen (secondary N) is 1. The molecule has 1 aromatic heterocycles. The van der Waals surface area contributed by atoms with Gasteiger partial charge in [0, 0.05) is 17.3 Å². The van der Waals surface area contributed by atoms with E-state index in [0.29, 0.717) is 5.92 Å². The smallest absolute Gasteiger partial charge is 0.0236 e. The number of aromatic amines is 1. The Morgan fingerprint density at radius 2 is 1.83 bits per heavy atom. The summed E-state index contributed by atoms with van der Waals surface area (Å²) in [6, 6.07) is 2.19. The molecule has 0 saturated carbocycles. The van der Waals surface area contributed by atoms with Crippen LogP contribution in [0.5, 0.6) is 0 Å². The van der Waals surface area contributed by atoms with Crippen molar-refractivity contribution >= 4 is 0 Å². The fourth-order valence-corrected chi connectivity index (χ4v) is 1.51. The third kappa shape index (κ3) is 1.71. The van der Waals surface area contributed by atoms with Crippen molar-refractivity contribution in [3.8, 4) is 0 Å². The molecule has 1 N–H and O–H groups in total. The molecule has 0 aliphatic heterocycles. The molecule has 0 aliphatic rings. The summed E-state index contributed by atoms with van der Waals surface area (Å²) in [5.41, 5.74) is 3.06. The molecule has 0 radical (unpaired) electrons. The minimum atomic E-state index is 0.239. The molecule has 1 heterocycles. The van der Waals surface area contributed by atoms with Crippen molar-refractivity contribution in [1.82, 2.24) is 4.98 Å². The van der Waals surface area contributed by atoms with E-state index < -0.39 is 0 Å². The summed E-state index contributed by atoms with van der Waals surface area (Å²) < 4.78 is 0. The summed E-state index contributed by atoms with van der Waals surface area (Å²) in [5.74, 6) is 0.616. The Bertz CT molecular complexity index is 250. The maximum Gasteiger partial charge on any atom is 0.0236 e. The lowest BCUT2D eigenvalue weighted by atomic mass is 9.86. The van der Waals surface area contributed by atoms with Gasteiger partial charge in [0.1, 0.15) is 0 Å². The number of hydrogen-bond donors (Lipinski definition) is 1. The summed E-state index contributed by atoms with van der Waals surface area (Å²) in [7, 11) is 0. The molecule has 0 bridgehead atoms. The van der Waals surface area contributed by atoms with E-state index in [-0.39, 0.29) is 5.41 Å². The van der Waals surface area contributed by atoms with Crippen LogP contribution in [0.1, 0.15) is 51.8 Å². The average Bonchev–Trinajstić information content (AvgIpc) is 2.30. The second-order valence-electron chi connectivity index (χ2n) is 4.71. The highest BCUT2D eigenvalue weighted by Crippen LogP contribution is 2.28. The van der Waals surface area contributed by atoms with Crippen LogP contribution in [0.3, 0.4) is 0 Å². The van der Waals surface area contributed by atoms with Crippen molar-refractivity contribution in [2.45, 2.75) is 46.0 Å². The van der Waals surface area contributed by atoms with Gasteiger partial charge < -0.3 is 4.98 Å². The van der Waals surface area contributed by atoms with E-state index in [0.717, 1.165) is 0 Å². The molecule has 0 aliphatic carbocycles. The van der Waals surface area contributed by atoms with Gasteiger partial charge in [-0.1, -0.05) is 34.6 Å². The van der Waals surface area contributed by atoms with Crippen LogP contribution in [0.15, 0.2) is 12.3 Å². The largest absolute Gasteiger partial charge is 0.364 e. The first kappa shape index (κ1) is 9.37. The summed E-state index contributed by atoms with van der Waals surface area (Å²) in [6.45, 7) is 11.2. The van der Waals surface area contributed by atoms with Gasteiger partial charge in [0.15, 0.2) is 0 Å². The van der Waals surface area contributed by atoms with Crippen molar-refractivity contribution < 1.29 is 0 Å². The average molecular weight is 165 g/mol. The number of rotatable bonds is 1. The summed E-state index contributed by atoms with van der Waals surface area (Å²) in [5, 5.41) is 0. The summed E-state index contributed by atoms with van der Waals surface area (Å²) in [4.78, 5) is 3.33. The van der Waals surface area contributed by atoms with Gasteiger partial charge in [-0.05, 0) is 17.5 Å². The zero-order chi connectivity index (χ0) is 9.35. The zero-order valence-electron chi connectivity index (χ0n) is 8.73. The van der Waals surface area contributed by atoms with Gasteiger partial charge in [-0.2, -0.15) is 0 Å². The molecule has 0 fully saturated rings. The zero-order valence-corrected chi connectivity index (χ0v) is 8.73. The fraction of sp³-hybridized carbons (Fsp3) is 0.636. The molecule has 68 valence electrons. The van der Waals surface area contributed by atoms with Crippen LogP contribution in [-0.4, -0.2) is 4.98 Å². The van der Waals surface area contributed by atoms with Crippen molar-refractivity contribution in [1.29, 1.82) is 0 Å². The van der Waals surface area contributed by atoms with E-state index in [1.54, 1.807) is 0 Å². The molecular formula is C11H19N. The first-order valence-electron chi connectivity index (χ1n) is 4.60. The van der Waals surface area contributed by atoms with E-state index in [1.807, 2.05) is 6.20 Å². The monoisotopic (exact) mass is 165 g/mol. The maximum absolute atomic E-state index is 3.33. The standard InChI is InChI=1S/C11H19N/c1-8(2)9-6-7-12-10(9)11(3,4)5/h6-8,12H,1-5H3. The Labute approximate surface area is 75.2 Å². The van der Waals surface area contributed by atoms with Crippen molar-refractivity contribution in [2.75, 3.05) is 0 Å². The van der Waals surface area contributed by atoms with Crippen LogP contribution in [0, 0.1) is 0 Å². The van der Waals surface area contributed by atoms with Crippen molar-refractivity contribution in [3.05, 3.63) is 23.5 Å². The van der Waals surface area contributed by atoms with E-state index in [1.165, 1.54) is 11.3 Å². The lowest BCUT2D eigenvalue weighted by Crippen LogP contribution is -2.14. The van der Waals surface area contributed by atoms with Crippen LogP contribution < -0.4 is 0 Å². The molecule has 0 unspecified atom stereocenters. The molecule has 0 atom stereocenters. The molecule has 1 heteroatoms. The van der Waals surface area contributed by atoms with Gasteiger partial charge in [-0.25, -0.2) is 0 Å². The van der Waals surface area contributed by atoms with Crippen molar-refractivity contribution in [3.63, 3.8) is 0 Å². The Morgan fingerprint density at radius 1 is 1.25 bits per heavy atom. The highest BCUT2D eigenvalue weighted by molar-refractivity contribution is 5.29. The Hall–Kier alpha value is -0.720. The molecule has 1 nitrogen and oxygen atoms in total. The first-order chi connectivity index (χ1) is 5.43. The number of H-pyrrole nitrogens is 1. The molecule has 1 aromatic rings. The Kier molecular flexibility index (Phi) is 2.31. The van der Waals surface area contributed by atoms with Gasteiger partial charge in [0.2, 0.25) is 0 Å². The van der Waals surface area contributed by atoms with E-state index in [2.05, 4.69) is 45.7 Å². The first-order valence-corrected chi connectivity index (χ1v) is 4.60. The van der Waals surface area contributed by atoms with Gasteiger partial charge >= 0.3 is 0 Å². The SMILES string of the molecule is CC(C)c1cc[nH]c1C(C)(C)C. The molecule has 12 heavy (non-hydrogen) atoms. The lowest BCUT2D eigenvalue weighted by Gasteiger charge is -2.20. The predicted molar refractivity (Wildman–Crippen MR) is 53.6 cm³/mol. The van der Waals surface area contributed by atoms with Crippen LogP contribution in [-0.2, 0) is 5.41 Å². The normalized spacial score (nSPS) is 12.5. The molecule has 0 spiro atoms. The van der Waals surface area contributed by atoms with Crippen LogP contribution >= 0.6 is 0 Å². The molecule has 0 amide bonds. The predicted octanol–water partition coefficient (Wildman–Crippen LogP) is 3.44. The van der Waals surface area contributed by atoms with E-state index >= 15 is 0 Å². The highest BCUT2D eigenvalue weighted by atomic mass is 14.7. The lowest BCUT2D eigenvalue weighted by molar-refractivity contribution is 0.561. The van der Waals surface area contributed by atoms with Crippen LogP contribution in [0.4, 0.5) is 0 Å².